The molecule has 0 radical (unpaired) electrons. The van der Waals surface area contributed by atoms with Crippen LogP contribution in [-0.4, -0.2) is 19.9 Å². The fourth-order valence-corrected chi connectivity index (χ4v) is 6.88. The Bertz CT molecular complexity index is 2800. The summed E-state index contributed by atoms with van der Waals surface area (Å²) in [6.07, 6.45) is 0. The zero-order valence-electron chi connectivity index (χ0n) is 28.0. The van der Waals surface area contributed by atoms with E-state index in [2.05, 4.69) is 66.7 Å². The first-order valence-electron chi connectivity index (χ1n) is 17.1. The lowest BCUT2D eigenvalue weighted by atomic mass is 9.89. The number of benzene rings is 7. The molecular formula is C47H29N5. The second-order valence-electron chi connectivity index (χ2n) is 12.6. The molecule has 0 unspecified atom stereocenters. The zero-order chi connectivity index (χ0) is 34.9. The molecule has 0 N–H and O–H groups in total. The molecule has 0 saturated heterocycles. The number of hydrogen-bond acceptors (Lipinski definition) is 5. The highest BCUT2D eigenvalue weighted by Gasteiger charge is 2.17. The SMILES string of the molecule is N#Cc1cccc(-c2cccc(-c3nc(-c4ccccc4)c4ccccc4n3)c2)c1-c1cccc(-c2nc(-c3ccccc3)c3ccccc3n2)c1. The van der Waals surface area contributed by atoms with E-state index in [0.29, 0.717) is 17.2 Å². The molecule has 0 aliphatic carbocycles. The topological polar surface area (TPSA) is 75.3 Å². The first kappa shape index (κ1) is 30.7. The van der Waals surface area contributed by atoms with Crippen molar-refractivity contribution in [2.75, 3.05) is 0 Å². The third-order valence-corrected chi connectivity index (χ3v) is 9.33. The molecule has 242 valence electrons. The van der Waals surface area contributed by atoms with Crippen LogP contribution in [0.2, 0.25) is 0 Å². The molecular weight excluding hydrogens is 635 g/mol. The third kappa shape index (κ3) is 5.65. The number of rotatable bonds is 6. The van der Waals surface area contributed by atoms with Crippen LogP contribution >= 0.6 is 0 Å². The lowest BCUT2D eigenvalue weighted by Gasteiger charge is -2.15. The number of fused-ring (bicyclic) bond motifs is 2. The maximum Gasteiger partial charge on any atom is 0.160 e. The first-order valence-corrected chi connectivity index (χ1v) is 17.1. The Morgan fingerprint density at radius 2 is 0.808 bits per heavy atom. The van der Waals surface area contributed by atoms with Gasteiger partial charge in [-0.1, -0.05) is 146 Å². The lowest BCUT2D eigenvalue weighted by molar-refractivity contribution is 1.23. The van der Waals surface area contributed by atoms with Crippen molar-refractivity contribution in [1.29, 1.82) is 5.26 Å². The summed E-state index contributed by atoms with van der Waals surface area (Å²) < 4.78 is 0. The molecule has 0 bridgehead atoms. The van der Waals surface area contributed by atoms with Crippen LogP contribution < -0.4 is 0 Å². The van der Waals surface area contributed by atoms with E-state index >= 15 is 0 Å². The second kappa shape index (κ2) is 13.2. The Kier molecular flexibility index (Phi) is 7.81. The van der Waals surface area contributed by atoms with Crippen LogP contribution in [0.3, 0.4) is 0 Å². The van der Waals surface area contributed by atoms with Gasteiger partial charge in [-0.2, -0.15) is 5.26 Å². The molecule has 5 heteroatoms. The highest BCUT2D eigenvalue weighted by atomic mass is 14.9. The van der Waals surface area contributed by atoms with Crippen molar-refractivity contribution in [2.45, 2.75) is 0 Å². The minimum absolute atomic E-state index is 0.581. The van der Waals surface area contributed by atoms with E-state index in [4.69, 9.17) is 19.9 Å². The lowest BCUT2D eigenvalue weighted by Crippen LogP contribution is -1.97. The molecule has 0 fully saturated rings. The Morgan fingerprint density at radius 1 is 0.365 bits per heavy atom. The van der Waals surface area contributed by atoms with Gasteiger partial charge in [-0.05, 0) is 47.0 Å². The van der Waals surface area contributed by atoms with Gasteiger partial charge in [0.15, 0.2) is 11.6 Å². The Labute approximate surface area is 301 Å². The molecule has 5 nitrogen and oxygen atoms in total. The molecule has 9 aromatic rings. The molecule has 0 saturated carbocycles. The van der Waals surface area contributed by atoms with E-state index in [9.17, 15) is 5.26 Å². The van der Waals surface area contributed by atoms with Crippen LogP contribution in [0.15, 0.2) is 176 Å². The average Bonchev–Trinajstić information content (AvgIpc) is 3.23. The van der Waals surface area contributed by atoms with Crippen molar-refractivity contribution in [2.24, 2.45) is 0 Å². The summed E-state index contributed by atoms with van der Waals surface area (Å²) in [5, 5.41) is 12.4. The van der Waals surface area contributed by atoms with Gasteiger partial charge in [0, 0.05) is 38.6 Å². The molecule has 0 spiro atoms. The fraction of sp³-hybridized carbons (Fsp3) is 0. The summed E-state index contributed by atoms with van der Waals surface area (Å²) in [6, 6.07) is 61.4. The number of nitrogens with zero attached hydrogens (tertiary/aromatic N) is 5. The van der Waals surface area contributed by atoms with Gasteiger partial charge in [0.25, 0.3) is 0 Å². The van der Waals surface area contributed by atoms with Gasteiger partial charge in [0.05, 0.1) is 34.1 Å². The standard InChI is InChI=1S/C47H29N5/c48-30-37-22-13-25-38(33-18-11-20-35(28-33)46-49-41-26-9-7-23-39(41)44(51-46)31-14-3-1-4-15-31)43(37)34-19-12-21-36(29-34)47-50-42-27-10-8-24-40(42)45(52-47)32-16-5-2-6-17-32/h1-29H. The maximum atomic E-state index is 10.4. The van der Waals surface area contributed by atoms with Gasteiger partial charge < -0.3 is 0 Å². The summed E-state index contributed by atoms with van der Waals surface area (Å²) in [6.45, 7) is 0. The minimum Gasteiger partial charge on any atom is -0.228 e. The summed E-state index contributed by atoms with van der Waals surface area (Å²) in [7, 11) is 0. The van der Waals surface area contributed by atoms with Crippen LogP contribution in [0.4, 0.5) is 0 Å². The number of para-hydroxylation sites is 2. The highest BCUT2D eigenvalue weighted by Crippen LogP contribution is 2.39. The van der Waals surface area contributed by atoms with Crippen molar-refractivity contribution >= 4 is 21.8 Å². The van der Waals surface area contributed by atoms with Gasteiger partial charge in [-0.25, -0.2) is 19.9 Å². The van der Waals surface area contributed by atoms with E-state index in [-0.39, 0.29) is 0 Å². The van der Waals surface area contributed by atoms with Gasteiger partial charge in [0.2, 0.25) is 0 Å². The van der Waals surface area contributed by atoms with Crippen molar-refractivity contribution < 1.29 is 0 Å². The second-order valence-corrected chi connectivity index (χ2v) is 12.6. The van der Waals surface area contributed by atoms with Crippen molar-refractivity contribution in [3.05, 3.63) is 181 Å². The highest BCUT2D eigenvalue weighted by molar-refractivity contribution is 5.96. The van der Waals surface area contributed by atoms with Gasteiger partial charge >= 0.3 is 0 Å². The number of hydrogen-bond donors (Lipinski definition) is 0. The Morgan fingerprint density at radius 3 is 1.37 bits per heavy atom. The van der Waals surface area contributed by atoms with E-state index in [1.165, 1.54) is 0 Å². The number of nitriles is 1. The van der Waals surface area contributed by atoms with E-state index in [0.717, 1.165) is 77.7 Å². The Hall–Kier alpha value is -7.29. The first-order chi connectivity index (χ1) is 25.7. The van der Waals surface area contributed by atoms with E-state index < -0.39 is 0 Å². The summed E-state index contributed by atoms with van der Waals surface area (Å²) in [5.41, 5.74) is 11.6. The van der Waals surface area contributed by atoms with Gasteiger partial charge in [-0.15, -0.1) is 0 Å². The van der Waals surface area contributed by atoms with Crippen molar-refractivity contribution in [1.82, 2.24) is 19.9 Å². The van der Waals surface area contributed by atoms with Crippen LogP contribution in [0.5, 0.6) is 0 Å². The van der Waals surface area contributed by atoms with Gasteiger partial charge in [0.1, 0.15) is 0 Å². The molecule has 0 aliphatic rings. The fourth-order valence-electron chi connectivity index (χ4n) is 6.88. The normalized spacial score (nSPS) is 11.1. The monoisotopic (exact) mass is 663 g/mol. The summed E-state index contributed by atoms with van der Waals surface area (Å²) in [4.78, 5) is 20.2. The third-order valence-electron chi connectivity index (χ3n) is 9.33. The van der Waals surface area contributed by atoms with E-state index in [1.54, 1.807) is 0 Å². The average molecular weight is 664 g/mol. The minimum atomic E-state index is 0.581. The van der Waals surface area contributed by atoms with Crippen LogP contribution in [0, 0.1) is 11.3 Å². The predicted molar refractivity (Wildman–Crippen MR) is 210 cm³/mol. The summed E-state index contributed by atoms with van der Waals surface area (Å²) in [5.74, 6) is 1.27. The smallest absolute Gasteiger partial charge is 0.160 e. The summed E-state index contributed by atoms with van der Waals surface area (Å²) >= 11 is 0. The maximum absolute atomic E-state index is 10.4. The van der Waals surface area contributed by atoms with Crippen LogP contribution in [0.25, 0.3) is 89.4 Å². The largest absolute Gasteiger partial charge is 0.228 e. The van der Waals surface area contributed by atoms with E-state index in [1.807, 2.05) is 115 Å². The molecule has 0 amide bonds. The van der Waals surface area contributed by atoms with Crippen molar-refractivity contribution in [3.63, 3.8) is 0 Å². The van der Waals surface area contributed by atoms with Crippen LogP contribution in [0.1, 0.15) is 5.56 Å². The molecule has 0 aliphatic heterocycles. The van der Waals surface area contributed by atoms with Crippen molar-refractivity contribution in [3.8, 4) is 73.6 Å². The van der Waals surface area contributed by atoms with Gasteiger partial charge in [-0.3, -0.25) is 0 Å². The predicted octanol–water partition coefficient (Wildman–Crippen LogP) is 11.4. The molecule has 2 heterocycles. The quantitative estimate of drug-likeness (QED) is 0.177. The van der Waals surface area contributed by atoms with Crippen LogP contribution in [-0.2, 0) is 0 Å². The molecule has 52 heavy (non-hydrogen) atoms. The Balaban J connectivity index is 1.17. The number of aromatic nitrogens is 4. The molecule has 0 atom stereocenters. The molecule has 7 aromatic carbocycles. The zero-order valence-corrected chi connectivity index (χ0v) is 28.0. The molecule has 2 aromatic heterocycles. The molecule has 9 rings (SSSR count).